The van der Waals surface area contributed by atoms with Gasteiger partial charge >= 0.3 is 5.97 Å². The highest BCUT2D eigenvalue weighted by atomic mass is 16.6. The van der Waals surface area contributed by atoms with Crippen LogP contribution in [0.1, 0.15) is 16.7 Å². The van der Waals surface area contributed by atoms with Crippen molar-refractivity contribution in [3.8, 4) is 11.5 Å². The molecule has 0 radical (unpaired) electrons. The summed E-state index contributed by atoms with van der Waals surface area (Å²) in [5.41, 5.74) is 2.76. The first kappa shape index (κ1) is 20.5. The zero-order chi connectivity index (χ0) is 22.6. The Morgan fingerprint density at radius 3 is 2.61 bits per heavy atom. The number of hydrogen-bond donors (Lipinski definition) is 0. The molecule has 0 spiro atoms. The summed E-state index contributed by atoms with van der Waals surface area (Å²) in [6, 6.07) is 29.3. The summed E-state index contributed by atoms with van der Waals surface area (Å²) in [5, 5.41) is 2.35. The Kier molecular flexibility index (Phi) is 5.60. The number of esters is 1. The van der Waals surface area contributed by atoms with E-state index in [-0.39, 0.29) is 11.6 Å². The van der Waals surface area contributed by atoms with Crippen LogP contribution in [0.4, 0.5) is 0 Å². The summed E-state index contributed by atoms with van der Waals surface area (Å²) in [4.78, 5) is 16.8. The molecule has 0 saturated heterocycles. The van der Waals surface area contributed by atoms with Gasteiger partial charge in [0.15, 0.2) is 5.70 Å². The summed E-state index contributed by atoms with van der Waals surface area (Å²) in [6.07, 6.45) is 1.69. The van der Waals surface area contributed by atoms with Gasteiger partial charge in [-0.3, -0.25) is 0 Å². The number of benzene rings is 4. The van der Waals surface area contributed by atoms with E-state index in [2.05, 4.69) is 29.3 Å². The molecule has 1 heterocycles. The van der Waals surface area contributed by atoms with Crippen LogP contribution in [0.25, 0.3) is 16.8 Å². The first-order chi connectivity index (χ1) is 16.2. The number of carbonyl (C=O) groups is 1. The molecular weight excluding hydrogens is 414 g/mol. The second-order valence-corrected chi connectivity index (χ2v) is 7.54. The van der Waals surface area contributed by atoms with E-state index in [1.54, 1.807) is 25.3 Å². The average Bonchev–Trinajstić information content (AvgIpc) is 3.22. The van der Waals surface area contributed by atoms with Gasteiger partial charge in [0.2, 0.25) is 5.90 Å². The Labute approximate surface area is 191 Å². The van der Waals surface area contributed by atoms with E-state index in [0.29, 0.717) is 23.7 Å². The molecule has 33 heavy (non-hydrogen) atoms. The summed E-state index contributed by atoms with van der Waals surface area (Å²) < 4.78 is 16.8. The molecule has 4 aromatic carbocycles. The van der Waals surface area contributed by atoms with Crippen molar-refractivity contribution in [1.82, 2.24) is 0 Å². The number of cyclic esters (lactones) is 1. The van der Waals surface area contributed by atoms with Crippen molar-refractivity contribution in [1.29, 1.82) is 0 Å². The second-order valence-electron chi connectivity index (χ2n) is 7.54. The van der Waals surface area contributed by atoms with Crippen LogP contribution in [0.5, 0.6) is 11.5 Å². The summed E-state index contributed by atoms with van der Waals surface area (Å²) in [5.74, 6) is 1.02. The quantitative estimate of drug-likeness (QED) is 0.285. The number of aliphatic imine (C=N–C) groups is 1. The summed E-state index contributed by atoms with van der Waals surface area (Å²) >= 11 is 0. The molecule has 0 fully saturated rings. The largest absolute Gasteiger partial charge is 0.496 e. The molecule has 0 saturated carbocycles. The van der Waals surface area contributed by atoms with Crippen LogP contribution >= 0.6 is 0 Å². The van der Waals surface area contributed by atoms with Crippen molar-refractivity contribution in [2.75, 3.05) is 7.11 Å². The van der Waals surface area contributed by atoms with Crippen LogP contribution in [-0.4, -0.2) is 19.0 Å². The molecule has 0 amide bonds. The first-order valence-electron chi connectivity index (χ1n) is 10.6. The molecule has 5 nitrogen and oxygen atoms in total. The van der Waals surface area contributed by atoms with Crippen LogP contribution in [0.3, 0.4) is 0 Å². The highest BCUT2D eigenvalue weighted by Crippen LogP contribution is 2.26. The fourth-order valence-electron chi connectivity index (χ4n) is 3.78. The number of rotatable bonds is 6. The standard InChI is InChI=1S/C28H21NO4/c1-31-26-15-5-4-14-24(26)27-29-25(28(30)33-27)17-19-8-6-12-22(16-19)32-18-21-11-7-10-20-9-2-3-13-23(20)21/h2-17H,18H2,1H3/b25-17+. The molecule has 0 aromatic heterocycles. The molecule has 0 aliphatic carbocycles. The molecule has 5 heteroatoms. The number of ether oxygens (including phenoxy) is 3. The van der Waals surface area contributed by atoms with Gasteiger partial charge < -0.3 is 14.2 Å². The van der Waals surface area contributed by atoms with Crippen molar-refractivity contribution in [2.45, 2.75) is 6.61 Å². The van der Waals surface area contributed by atoms with Crippen molar-refractivity contribution in [2.24, 2.45) is 4.99 Å². The van der Waals surface area contributed by atoms with E-state index in [4.69, 9.17) is 14.2 Å². The lowest BCUT2D eigenvalue weighted by Crippen LogP contribution is -2.06. The van der Waals surface area contributed by atoms with Gasteiger partial charge in [-0.25, -0.2) is 9.79 Å². The van der Waals surface area contributed by atoms with Gasteiger partial charge in [0.1, 0.15) is 18.1 Å². The van der Waals surface area contributed by atoms with Gasteiger partial charge in [-0.05, 0) is 52.2 Å². The molecule has 162 valence electrons. The minimum Gasteiger partial charge on any atom is -0.496 e. The smallest absolute Gasteiger partial charge is 0.363 e. The van der Waals surface area contributed by atoms with Crippen LogP contribution < -0.4 is 9.47 Å². The fourth-order valence-corrected chi connectivity index (χ4v) is 3.78. The zero-order valence-electron chi connectivity index (χ0n) is 18.0. The van der Waals surface area contributed by atoms with Crippen molar-refractivity contribution in [3.05, 3.63) is 113 Å². The summed E-state index contributed by atoms with van der Waals surface area (Å²) in [6.45, 7) is 0.444. The molecular formula is C28H21NO4. The maximum absolute atomic E-state index is 12.4. The lowest BCUT2D eigenvalue weighted by Gasteiger charge is -2.09. The molecule has 0 atom stereocenters. The summed E-state index contributed by atoms with van der Waals surface area (Å²) in [7, 11) is 1.57. The van der Waals surface area contributed by atoms with E-state index in [0.717, 1.165) is 11.1 Å². The topological polar surface area (TPSA) is 57.1 Å². The van der Waals surface area contributed by atoms with Gasteiger partial charge in [0, 0.05) is 0 Å². The maximum Gasteiger partial charge on any atom is 0.363 e. The van der Waals surface area contributed by atoms with E-state index < -0.39 is 5.97 Å². The van der Waals surface area contributed by atoms with Gasteiger partial charge in [-0.15, -0.1) is 0 Å². The third kappa shape index (κ3) is 4.34. The number of fused-ring (bicyclic) bond motifs is 1. The van der Waals surface area contributed by atoms with Crippen molar-refractivity contribution in [3.63, 3.8) is 0 Å². The maximum atomic E-state index is 12.4. The average molecular weight is 435 g/mol. The highest BCUT2D eigenvalue weighted by Gasteiger charge is 2.26. The third-order valence-electron chi connectivity index (χ3n) is 5.39. The predicted molar refractivity (Wildman–Crippen MR) is 128 cm³/mol. The Bertz CT molecular complexity index is 1400. The van der Waals surface area contributed by atoms with E-state index in [9.17, 15) is 4.79 Å². The Hall–Kier alpha value is -4.38. The van der Waals surface area contributed by atoms with Crippen LogP contribution in [0, 0.1) is 0 Å². The fraction of sp³-hybridized carbons (Fsp3) is 0.0714. The first-order valence-corrected chi connectivity index (χ1v) is 10.6. The van der Waals surface area contributed by atoms with Crippen LogP contribution in [0.15, 0.2) is 102 Å². The monoisotopic (exact) mass is 435 g/mol. The second kappa shape index (κ2) is 9.01. The van der Waals surface area contributed by atoms with Gasteiger partial charge in [-0.1, -0.05) is 66.7 Å². The third-order valence-corrected chi connectivity index (χ3v) is 5.39. The Balaban J connectivity index is 1.37. The number of para-hydroxylation sites is 1. The van der Waals surface area contributed by atoms with Gasteiger partial charge in [0.25, 0.3) is 0 Å². The number of nitrogens with zero attached hydrogens (tertiary/aromatic N) is 1. The predicted octanol–water partition coefficient (Wildman–Crippen LogP) is 5.77. The van der Waals surface area contributed by atoms with Crippen molar-refractivity contribution < 1.29 is 19.0 Å². The Morgan fingerprint density at radius 1 is 0.909 bits per heavy atom. The van der Waals surface area contributed by atoms with E-state index in [1.807, 2.05) is 54.6 Å². The van der Waals surface area contributed by atoms with Gasteiger partial charge in [0.05, 0.1) is 12.7 Å². The van der Waals surface area contributed by atoms with Gasteiger partial charge in [-0.2, -0.15) is 0 Å². The molecule has 5 rings (SSSR count). The molecule has 4 aromatic rings. The SMILES string of the molecule is COc1ccccc1C1=N/C(=C/c2cccc(OCc3cccc4ccccc34)c2)C(=O)O1. The van der Waals surface area contributed by atoms with E-state index in [1.165, 1.54) is 10.8 Å². The molecule has 0 unspecified atom stereocenters. The highest BCUT2D eigenvalue weighted by molar-refractivity contribution is 6.13. The number of hydrogen-bond acceptors (Lipinski definition) is 5. The van der Waals surface area contributed by atoms with Crippen LogP contribution in [-0.2, 0) is 16.1 Å². The number of carbonyl (C=O) groups excluding carboxylic acids is 1. The zero-order valence-corrected chi connectivity index (χ0v) is 18.0. The molecule has 1 aliphatic heterocycles. The molecule has 0 bridgehead atoms. The van der Waals surface area contributed by atoms with Crippen molar-refractivity contribution >= 4 is 28.7 Å². The van der Waals surface area contributed by atoms with Crippen LogP contribution in [0.2, 0.25) is 0 Å². The normalized spacial score (nSPS) is 14.3. The Morgan fingerprint density at radius 2 is 1.70 bits per heavy atom. The molecule has 0 N–H and O–H groups in total. The van der Waals surface area contributed by atoms with E-state index >= 15 is 0 Å². The minimum atomic E-state index is -0.502. The lowest BCUT2D eigenvalue weighted by atomic mass is 10.1. The lowest BCUT2D eigenvalue weighted by molar-refractivity contribution is -0.129. The molecule has 1 aliphatic rings. The number of methoxy groups -OCH3 is 1. The minimum absolute atomic E-state index is 0.224.